The molecule has 2 nitrogen and oxygen atoms in total. The summed E-state index contributed by atoms with van der Waals surface area (Å²) >= 11 is 0. The third-order valence-electron chi connectivity index (χ3n) is 3.04. The molecule has 1 fully saturated rings. The zero-order valence-corrected chi connectivity index (χ0v) is 8.66. The quantitative estimate of drug-likeness (QED) is 0.719. The highest BCUT2D eigenvalue weighted by molar-refractivity contribution is 5.54. The molecule has 0 aromatic heterocycles. The van der Waals surface area contributed by atoms with Crippen molar-refractivity contribution in [3.05, 3.63) is 29.3 Å². The molecule has 0 radical (unpaired) electrons. The lowest BCUT2D eigenvalue weighted by Gasteiger charge is -2.15. The predicted octanol–water partition coefficient (Wildman–Crippen LogP) is 2.38. The monoisotopic (exact) mass is 190 g/mol. The average molecular weight is 190 g/mol. The topological polar surface area (TPSA) is 52.0 Å². The van der Waals surface area contributed by atoms with Crippen molar-refractivity contribution in [1.82, 2.24) is 0 Å². The molecule has 1 aliphatic carbocycles. The molecule has 1 aromatic rings. The summed E-state index contributed by atoms with van der Waals surface area (Å²) < 4.78 is 0. The summed E-state index contributed by atoms with van der Waals surface area (Å²) in [6.07, 6.45) is 3.78. The van der Waals surface area contributed by atoms with Gasteiger partial charge in [-0.05, 0) is 30.4 Å². The first-order valence-electron chi connectivity index (χ1n) is 5.29. The minimum atomic E-state index is 0.127. The van der Waals surface area contributed by atoms with Gasteiger partial charge in [0.15, 0.2) is 0 Å². The van der Waals surface area contributed by atoms with E-state index < -0.39 is 0 Å². The minimum Gasteiger partial charge on any atom is -0.398 e. The third kappa shape index (κ3) is 1.90. The van der Waals surface area contributed by atoms with Crippen LogP contribution in [0.15, 0.2) is 18.2 Å². The van der Waals surface area contributed by atoms with Gasteiger partial charge in [-0.25, -0.2) is 0 Å². The number of hydrogen-bond donors (Lipinski definition) is 2. The number of nitrogen functional groups attached to an aromatic ring is 1. The lowest BCUT2D eigenvalue weighted by molar-refractivity contribution is 0.598. The van der Waals surface area contributed by atoms with Gasteiger partial charge < -0.3 is 11.5 Å². The van der Waals surface area contributed by atoms with Crippen LogP contribution in [0.5, 0.6) is 0 Å². The largest absolute Gasteiger partial charge is 0.398 e. The van der Waals surface area contributed by atoms with Gasteiger partial charge in [0.2, 0.25) is 0 Å². The summed E-state index contributed by atoms with van der Waals surface area (Å²) in [6, 6.07) is 6.24. The van der Waals surface area contributed by atoms with Gasteiger partial charge in [-0.1, -0.05) is 31.0 Å². The van der Waals surface area contributed by atoms with E-state index in [2.05, 4.69) is 6.07 Å². The molecule has 14 heavy (non-hydrogen) atoms. The maximum Gasteiger partial charge on any atom is 0.0392 e. The van der Waals surface area contributed by atoms with E-state index in [-0.39, 0.29) is 6.04 Å². The van der Waals surface area contributed by atoms with E-state index in [1.165, 1.54) is 12.8 Å². The molecule has 1 aliphatic rings. The highest BCUT2D eigenvalue weighted by Gasteiger charge is 2.25. The van der Waals surface area contributed by atoms with Crippen molar-refractivity contribution in [2.24, 2.45) is 11.7 Å². The number of hydrogen-bond acceptors (Lipinski definition) is 2. The molecule has 1 atom stereocenters. The average Bonchev–Trinajstić information content (AvgIpc) is 2.93. The number of para-hydroxylation sites is 1. The van der Waals surface area contributed by atoms with Crippen LogP contribution in [0.4, 0.5) is 5.69 Å². The van der Waals surface area contributed by atoms with Crippen LogP contribution in [-0.2, 0) is 0 Å². The minimum absolute atomic E-state index is 0.127. The van der Waals surface area contributed by atoms with Crippen molar-refractivity contribution in [3.63, 3.8) is 0 Å². The van der Waals surface area contributed by atoms with Crippen LogP contribution >= 0.6 is 0 Å². The van der Waals surface area contributed by atoms with Gasteiger partial charge in [0.05, 0.1) is 0 Å². The van der Waals surface area contributed by atoms with Crippen LogP contribution in [0.1, 0.15) is 36.4 Å². The Morgan fingerprint density at radius 3 is 2.79 bits per heavy atom. The van der Waals surface area contributed by atoms with Gasteiger partial charge in [0, 0.05) is 11.7 Å². The first-order valence-corrected chi connectivity index (χ1v) is 5.29. The molecule has 0 amide bonds. The standard InChI is InChI=1S/C12H18N2/c1-8-3-2-4-10(12(8)14)11(13)7-9-5-6-9/h2-4,9,11H,5-7,13-14H2,1H3. The Balaban J connectivity index is 2.16. The summed E-state index contributed by atoms with van der Waals surface area (Å²) in [5.74, 6) is 0.852. The number of benzene rings is 1. The molecule has 0 saturated heterocycles. The van der Waals surface area contributed by atoms with E-state index in [9.17, 15) is 0 Å². The maximum atomic E-state index is 6.13. The summed E-state index contributed by atoms with van der Waals surface area (Å²) in [4.78, 5) is 0. The van der Waals surface area contributed by atoms with Crippen LogP contribution in [0.25, 0.3) is 0 Å². The van der Waals surface area contributed by atoms with Crippen molar-refractivity contribution < 1.29 is 0 Å². The van der Waals surface area contributed by atoms with E-state index in [0.717, 1.165) is 29.2 Å². The second-order valence-electron chi connectivity index (χ2n) is 4.36. The molecule has 0 heterocycles. The van der Waals surface area contributed by atoms with Crippen molar-refractivity contribution in [1.29, 1.82) is 0 Å². The zero-order valence-electron chi connectivity index (χ0n) is 8.66. The first kappa shape index (κ1) is 9.53. The normalized spacial score (nSPS) is 18.1. The van der Waals surface area contributed by atoms with Crippen LogP contribution in [0, 0.1) is 12.8 Å². The summed E-state index contributed by atoms with van der Waals surface area (Å²) in [5.41, 5.74) is 15.3. The second-order valence-corrected chi connectivity index (χ2v) is 4.36. The Labute approximate surface area is 85.3 Å². The van der Waals surface area contributed by atoms with Crippen molar-refractivity contribution in [2.45, 2.75) is 32.2 Å². The van der Waals surface area contributed by atoms with Crippen molar-refractivity contribution in [2.75, 3.05) is 5.73 Å². The van der Waals surface area contributed by atoms with E-state index in [0.29, 0.717) is 0 Å². The van der Waals surface area contributed by atoms with Gasteiger partial charge >= 0.3 is 0 Å². The van der Waals surface area contributed by atoms with Crippen LogP contribution in [0.3, 0.4) is 0 Å². The summed E-state index contributed by atoms with van der Waals surface area (Å²) in [6.45, 7) is 2.03. The van der Waals surface area contributed by atoms with Gasteiger partial charge in [-0.2, -0.15) is 0 Å². The predicted molar refractivity (Wildman–Crippen MR) is 59.9 cm³/mol. The van der Waals surface area contributed by atoms with Crippen molar-refractivity contribution >= 4 is 5.69 Å². The smallest absolute Gasteiger partial charge is 0.0392 e. The molecule has 0 aliphatic heterocycles. The number of nitrogens with two attached hydrogens (primary N) is 2. The van der Waals surface area contributed by atoms with Gasteiger partial charge in [0.25, 0.3) is 0 Å². The van der Waals surface area contributed by atoms with E-state index >= 15 is 0 Å². The number of anilines is 1. The molecular formula is C12H18N2. The molecule has 2 rings (SSSR count). The van der Waals surface area contributed by atoms with Gasteiger partial charge in [-0.15, -0.1) is 0 Å². The van der Waals surface area contributed by atoms with Crippen LogP contribution in [0.2, 0.25) is 0 Å². The lowest BCUT2D eigenvalue weighted by atomic mass is 9.98. The molecule has 1 unspecified atom stereocenters. The Kier molecular flexibility index (Phi) is 2.46. The Bertz CT molecular complexity index is 329. The van der Waals surface area contributed by atoms with Crippen LogP contribution in [-0.4, -0.2) is 0 Å². The molecule has 0 bridgehead atoms. The lowest BCUT2D eigenvalue weighted by Crippen LogP contribution is -2.13. The highest BCUT2D eigenvalue weighted by Crippen LogP contribution is 2.38. The molecule has 0 spiro atoms. The molecular weight excluding hydrogens is 172 g/mol. The third-order valence-corrected chi connectivity index (χ3v) is 3.04. The fourth-order valence-electron chi connectivity index (χ4n) is 1.87. The van der Waals surface area contributed by atoms with E-state index in [4.69, 9.17) is 11.5 Å². The Morgan fingerprint density at radius 2 is 2.14 bits per heavy atom. The molecule has 2 heteroatoms. The summed E-state index contributed by atoms with van der Waals surface area (Å²) in [7, 11) is 0. The molecule has 4 N–H and O–H groups in total. The molecule has 76 valence electrons. The Hall–Kier alpha value is -1.02. The highest BCUT2D eigenvalue weighted by atomic mass is 14.7. The van der Waals surface area contributed by atoms with Crippen LogP contribution < -0.4 is 11.5 Å². The number of rotatable bonds is 3. The molecule has 1 saturated carbocycles. The second kappa shape index (κ2) is 3.62. The first-order chi connectivity index (χ1) is 6.68. The van der Waals surface area contributed by atoms with Crippen molar-refractivity contribution in [3.8, 4) is 0 Å². The number of aryl methyl sites for hydroxylation is 1. The van der Waals surface area contributed by atoms with E-state index in [1.54, 1.807) is 0 Å². The summed E-state index contributed by atoms with van der Waals surface area (Å²) in [5, 5.41) is 0. The molecule has 1 aromatic carbocycles. The maximum absolute atomic E-state index is 6.13. The van der Waals surface area contributed by atoms with E-state index in [1.807, 2.05) is 19.1 Å². The van der Waals surface area contributed by atoms with Gasteiger partial charge in [-0.3, -0.25) is 0 Å². The SMILES string of the molecule is Cc1cccc(C(N)CC2CC2)c1N. The fraction of sp³-hybridized carbons (Fsp3) is 0.500. The zero-order chi connectivity index (χ0) is 10.1. The fourth-order valence-corrected chi connectivity index (χ4v) is 1.87. The van der Waals surface area contributed by atoms with Gasteiger partial charge in [0.1, 0.15) is 0 Å². The Morgan fingerprint density at radius 1 is 1.43 bits per heavy atom.